The fourth-order valence-electron chi connectivity index (χ4n) is 2.80. The fourth-order valence-corrected chi connectivity index (χ4v) is 5.73. The summed E-state index contributed by atoms with van der Waals surface area (Å²) in [7, 11) is -8.38. The van der Waals surface area contributed by atoms with Gasteiger partial charge < -0.3 is 0 Å². The largest absolute Gasteiger partial charge is 0.285 e. The van der Waals surface area contributed by atoms with Crippen molar-refractivity contribution < 1.29 is 21.6 Å². The molecule has 0 bridgehead atoms. The van der Waals surface area contributed by atoms with Gasteiger partial charge in [0.2, 0.25) is 0 Å². The number of hydrogen-bond donors (Lipinski definition) is 1. The number of amidine groups is 1. The number of amides is 1. The van der Waals surface area contributed by atoms with Crippen molar-refractivity contribution in [1.82, 2.24) is 9.84 Å². The second-order valence-corrected chi connectivity index (χ2v) is 10.1. The number of benzene rings is 2. The summed E-state index contributed by atoms with van der Waals surface area (Å²) in [6.45, 7) is 3.29. The summed E-state index contributed by atoms with van der Waals surface area (Å²) in [6, 6.07) is 10.2. The number of nitrogens with zero attached hydrogens (tertiary/aromatic N) is 2. The third-order valence-electron chi connectivity index (χ3n) is 4.20. The minimum Gasteiger partial charge on any atom is -0.272 e. The van der Waals surface area contributed by atoms with Crippen LogP contribution in [0.5, 0.6) is 0 Å². The van der Waals surface area contributed by atoms with E-state index in [4.69, 9.17) is 11.6 Å². The number of hydrazine groups is 1. The van der Waals surface area contributed by atoms with Crippen LogP contribution in [0.2, 0.25) is 5.02 Å². The molecule has 0 radical (unpaired) electrons. The lowest BCUT2D eigenvalue weighted by Gasteiger charge is -2.24. The predicted octanol–water partition coefficient (Wildman–Crippen LogP) is 2.62. The minimum atomic E-state index is -4.39. The molecule has 1 aliphatic rings. The van der Waals surface area contributed by atoms with Crippen LogP contribution in [0.1, 0.15) is 30.9 Å². The lowest BCUT2D eigenvalue weighted by molar-refractivity contribution is -0.127. The normalized spacial score (nSPS) is 14.8. The van der Waals surface area contributed by atoms with Crippen molar-refractivity contribution >= 4 is 43.4 Å². The van der Waals surface area contributed by atoms with E-state index in [0.29, 0.717) is 16.4 Å². The van der Waals surface area contributed by atoms with Gasteiger partial charge in [-0.2, -0.15) is 16.8 Å². The van der Waals surface area contributed by atoms with E-state index in [1.54, 1.807) is 19.9 Å². The number of rotatable bonds is 4. The molecule has 8 nitrogen and oxygen atoms in total. The lowest BCUT2D eigenvalue weighted by atomic mass is 10.2. The maximum absolute atomic E-state index is 13.3. The SMILES string of the molecule is CCCC(=O)N(NC1=NS(=O)(=O)c2ccccc21)S(=O)(=O)c1cc(Cl)ccc1C. The molecular formula is C18H18ClN3O5S2. The molecule has 2 aromatic rings. The molecule has 0 atom stereocenters. The van der Waals surface area contributed by atoms with Crippen LogP contribution in [-0.2, 0) is 24.8 Å². The second kappa shape index (κ2) is 7.77. The summed E-state index contributed by atoms with van der Waals surface area (Å²) in [4.78, 5) is 12.4. The highest BCUT2D eigenvalue weighted by atomic mass is 35.5. The van der Waals surface area contributed by atoms with E-state index >= 15 is 0 Å². The molecule has 0 aliphatic carbocycles. The van der Waals surface area contributed by atoms with Crippen LogP contribution in [-0.4, -0.2) is 33.0 Å². The van der Waals surface area contributed by atoms with E-state index in [1.807, 2.05) is 0 Å². The number of carbonyl (C=O) groups is 1. The Hall–Kier alpha value is -2.43. The van der Waals surface area contributed by atoms with Crippen molar-refractivity contribution in [2.45, 2.75) is 36.5 Å². The van der Waals surface area contributed by atoms with Gasteiger partial charge in [0.1, 0.15) is 4.90 Å². The molecule has 1 heterocycles. The van der Waals surface area contributed by atoms with E-state index < -0.39 is 26.0 Å². The van der Waals surface area contributed by atoms with E-state index in [9.17, 15) is 21.6 Å². The molecule has 0 spiro atoms. The first-order valence-corrected chi connectivity index (χ1v) is 11.9. The minimum absolute atomic E-state index is 0.0678. The van der Waals surface area contributed by atoms with Gasteiger partial charge in [0.05, 0.1) is 4.90 Å². The van der Waals surface area contributed by atoms with Crippen LogP contribution < -0.4 is 5.43 Å². The van der Waals surface area contributed by atoms with Crippen molar-refractivity contribution in [2.75, 3.05) is 0 Å². The van der Waals surface area contributed by atoms with Gasteiger partial charge in [-0.1, -0.05) is 36.7 Å². The Morgan fingerprint density at radius 1 is 1.21 bits per heavy atom. The Morgan fingerprint density at radius 2 is 1.90 bits per heavy atom. The molecule has 154 valence electrons. The zero-order chi connectivity index (χ0) is 21.4. The molecule has 0 fully saturated rings. The highest BCUT2D eigenvalue weighted by Crippen LogP contribution is 2.27. The number of nitrogens with one attached hydrogen (secondary N) is 1. The monoisotopic (exact) mass is 455 g/mol. The number of halogens is 1. The number of sulfonamides is 2. The van der Waals surface area contributed by atoms with E-state index in [-0.39, 0.29) is 32.6 Å². The topological polar surface area (TPSA) is 113 Å². The van der Waals surface area contributed by atoms with Gasteiger partial charge in [0, 0.05) is 17.0 Å². The van der Waals surface area contributed by atoms with Crippen LogP contribution >= 0.6 is 11.6 Å². The van der Waals surface area contributed by atoms with Gasteiger partial charge >= 0.3 is 0 Å². The standard InChI is InChI=1S/C18H18ClN3O5S2/c1-3-6-17(23)22(29(26,27)16-11-13(19)10-9-12(16)2)20-18-14-7-4-5-8-15(14)28(24,25)21-18/h4-5,7-11H,3,6H2,1-2H3,(H,20,21). The lowest BCUT2D eigenvalue weighted by Crippen LogP contribution is -2.49. The molecule has 1 aliphatic heterocycles. The first kappa shape index (κ1) is 21.3. The van der Waals surface area contributed by atoms with Crippen molar-refractivity contribution in [3.05, 3.63) is 58.6 Å². The average molecular weight is 456 g/mol. The molecule has 29 heavy (non-hydrogen) atoms. The molecule has 0 saturated heterocycles. The number of fused-ring (bicyclic) bond motifs is 1. The van der Waals surface area contributed by atoms with E-state index in [1.165, 1.54) is 36.4 Å². The van der Waals surface area contributed by atoms with Gasteiger partial charge in [-0.05, 0) is 43.2 Å². The van der Waals surface area contributed by atoms with Crippen molar-refractivity contribution in [1.29, 1.82) is 0 Å². The molecule has 2 aromatic carbocycles. The van der Waals surface area contributed by atoms with Crippen molar-refractivity contribution in [3.8, 4) is 0 Å². The molecule has 1 amide bonds. The Kier molecular flexibility index (Phi) is 5.70. The fraction of sp³-hybridized carbons (Fsp3) is 0.222. The molecule has 1 N–H and O–H groups in total. The van der Waals surface area contributed by atoms with E-state index in [2.05, 4.69) is 9.82 Å². The van der Waals surface area contributed by atoms with Crippen LogP contribution in [0, 0.1) is 6.92 Å². The molecule has 3 rings (SSSR count). The van der Waals surface area contributed by atoms with Gasteiger partial charge in [-0.25, -0.2) is 0 Å². The highest BCUT2D eigenvalue weighted by molar-refractivity contribution is 7.91. The van der Waals surface area contributed by atoms with Crippen molar-refractivity contribution in [2.24, 2.45) is 4.40 Å². The van der Waals surface area contributed by atoms with Crippen LogP contribution in [0.4, 0.5) is 0 Å². The molecular weight excluding hydrogens is 438 g/mol. The Labute approximate surface area is 174 Å². The van der Waals surface area contributed by atoms with Crippen LogP contribution in [0.25, 0.3) is 0 Å². The van der Waals surface area contributed by atoms with E-state index in [0.717, 1.165) is 0 Å². The van der Waals surface area contributed by atoms with Crippen LogP contribution in [0.3, 0.4) is 0 Å². The molecule has 0 aromatic heterocycles. The average Bonchev–Trinajstić information content (AvgIpc) is 2.92. The van der Waals surface area contributed by atoms with Crippen LogP contribution in [0.15, 0.2) is 56.7 Å². The smallest absolute Gasteiger partial charge is 0.272 e. The summed E-state index contributed by atoms with van der Waals surface area (Å²) >= 11 is 5.95. The maximum Gasteiger partial charge on any atom is 0.285 e. The second-order valence-electron chi connectivity index (χ2n) is 6.35. The summed E-state index contributed by atoms with van der Waals surface area (Å²) in [5.74, 6) is -0.996. The summed E-state index contributed by atoms with van der Waals surface area (Å²) in [5, 5.41) is 0.184. The Balaban J connectivity index is 2.11. The predicted molar refractivity (Wildman–Crippen MR) is 108 cm³/mol. The summed E-state index contributed by atoms with van der Waals surface area (Å²) < 4.78 is 55.1. The summed E-state index contributed by atoms with van der Waals surface area (Å²) in [5.41, 5.74) is 2.98. The first-order chi connectivity index (χ1) is 13.6. The summed E-state index contributed by atoms with van der Waals surface area (Å²) in [6.07, 6.45) is 0.315. The molecule has 0 saturated carbocycles. The van der Waals surface area contributed by atoms with Gasteiger partial charge in [0.15, 0.2) is 5.84 Å². The zero-order valence-electron chi connectivity index (χ0n) is 15.6. The quantitative estimate of drug-likeness (QED) is 0.709. The number of hydrogen-bond acceptors (Lipinski definition) is 6. The Bertz CT molecular complexity index is 1220. The maximum atomic E-state index is 13.3. The molecule has 0 unspecified atom stereocenters. The van der Waals surface area contributed by atoms with Crippen molar-refractivity contribution in [3.63, 3.8) is 0 Å². The number of aryl methyl sites for hydroxylation is 1. The van der Waals surface area contributed by atoms with Gasteiger partial charge in [-0.15, -0.1) is 8.81 Å². The van der Waals surface area contributed by atoms with Gasteiger partial charge in [0.25, 0.3) is 26.0 Å². The third kappa shape index (κ3) is 4.00. The first-order valence-electron chi connectivity index (χ1n) is 8.63. The number of carbonyl (C=O) groups excluding carboxylic acids is 1. The molecule has 11 heteroatoms. The Morgan fingerprint density at radius 3 is 2.59 bits per heavy atom. The van der Waals surface area contributed by atoms with Gasteiger partial charge in [-0.3, -0.25) is 10.2 Å². The highest BCUT2D eigenvalue weighted by Gasteiger charge is 2.35. The third-order valence-corrected chi connectivity index (χ3v) is 7.54. The zero-order valence-corrected chi connectivity index (χ0v) is 18.0.